The topological polar surface area (TPSA) is 152 Å². The number of carbonyl (C=O) groups is 2. The van der Waals surface area contributed by atoms with E-state index in [0.29, 0.717) is 11.3 Å². The van der Waals surface area contributed by atoms with Crippen molar-refractivity contribution in [2.45, 2.75) is 224 Å². The molecule has 2 atom stereocenters. The predicted octanol–water partition coefficient (Wildman–Crippen LogP) is 31.8. The number of aryl methyl sites for hydroxylation is 7. The molecule has 28 rings (SSSR count). The van der Waals surface area contributed by atoms with Crippen LogP contribution in [0.2, 0.25) is 0 Å². The minimum atomic E-state index is -0.125. The molecule has 10 nitrogen and oxygen atoms in total. The number of aromatic nitrogens is 6. The van der Waals surface area contributed by atoms with E-state index in [9.17, 15) is 14.7 Å². The van der Waals surface area contributed by atoms with E-state index >= 15 is 0 Å². The van der Waals surface area contributed by atoms with Gasteiger partial charge in [-0.2, -0.15) is 0 Å². The number of rotatable bonds is 14. The molecule has 2 N–H and O–H groups in total. The van der Waals surface area contributed by atoms with Crippen LogP contribution < -0.4 is 0 Å². The summed E-state index contributed by atoms with van der Waals surface area (Å²) in [5, 5.41) is 23.6. The van der Waals surface area contributed by atoms with Crippen molar-refractivity contribution in [1.29, 1.82) is 0 Å². The van der Waals surface area contributed by atoms with Gasteiger partial charge in [-0.3, -0.25) is 29.5 Å². The molecule has 12 aliphatic carbocycles. The van der Waals surface area contributed by atoms with Crippen molar-refractivity contribution in [3.8, 4) is 67.5 Å². The van der Waals surface area contributed by atoms with E-state index in [-0.39, 0.29) is 115 Å². The van der Waals surface area contributed by atoms with E-state index in [2.05, 4.69) is 241 Å². The molecule has 16 aromatic rings. The summed E-state index contributed by atoms with van der Waals surface area (Å²) in [6, 6.07) is 105. The van der Waals surface area contributed by atoms with E-state index in [0.717, 1.165) is 162 Å². The van der Waals surface area contributed by atoms with Crippen molar-refractivity contribution in [1.82, 2.24) is 29.9 Å². The Kier molecular flexibility index (Phi) is 37.8. The molecule has 4 saturated carbocycles. The minimum absolute atomic E-state index is 0. The van der Waals surface area contributed by atoms with Crippen LogP contribution in [0.5, 0.6) is 0 Å². The van der Waals surface area contributed by atoms with Crippen molar-refractivity contribution in [2.75, 3.05) is 0 Å². The van der Waals surface area contributed by atoms with Gasteiger partial charge in [0.25, 0.3) is 0 Å². The van der Waals surface area contributed by atoms with Crippen LogP contribution in [0.25, 0.3) is 111 Å². The molecule has 2 unspecified atom stereocenters. The van der Waals surface area contributed by atoms with Crippen LogP contribution in [-0.2, 0) is 116 Å². The number of fused-ring (bicyclic) bond motifs is 4. The van der Waals surface area contributed by atoms with Gasteiger partial charge in [-0.15, -0.1) is 212 Å². The van der Waals surface area contributed by atoms with Crippen molar-refractivity contribution < 1.29 is 100 Å². The number of aliphatic hydroxyl groups excluding tert-OH is 2. The van der Waals surface area contributed by atoms with E-state index in [1.807, 2.05) is 138 Å². The number of allylic oxidation sites excluding steroid dienone is 4. The smallest absolute Gasteiger partial charge is 0.162 e. The zero-order valence-electron chi connectivity index (χ0n) is 84.9. The second-order valence-electron chi connectivity index (χ2n) is 40.7. The molecule has 0 spiro atoms. The molecule has 0 amide bonds. The van der Waals surface area contributed by atoms with Gasteiger partial charge >= 0.3 is 0 Å². The Labute approximate surface area is 902 Å². The Morgan fingerprint density at radius 2 is 0.755 bits per heavy atom. The average molecular weight is 2600 g/mol. The monoisotopic (exact) mass is 2600 g/mol. The number of hydrogen-bond donors (Lipinski definition) is 2. The Hall–Kier alpha value is -10.8. The van der Waals surface area contributed by atoms with Crippen LogP contribution in [0.15, 0.2) is 273 Å². The molecule has 4 radical (unpaired) electrons. The Balaban J connectivity index is 0.000000140. The third-order valence-corrected chi connectivity index (χ3v) is 30.1. The Bertz CT molecular complexity index is 6940. The Morgan fingerprint density at radius 3 is 1.10 bits per heavy atom. The van der Waals surface area contributed by atoms with Crippen molar-refractivity contribution in [2.24, 2.45) is 40.9 Å². The van der Waals surface area contributed by atoms with Gasteiger partial charge in [0, 0.05) is 138 Å². The van der Waals surface area contributed by atoms with Gasteiger partial charge in [0.15, 0.2) is 11.6 Å². The third kappa shape index (κ3) is 25.8. The van der Waals surface area contributed by atoms with Gasteiger partial charge in [-0.05, 0) is 285 Å². The zero-order chi connectivity index (χ0) is 97.3. The maximum atomic E-state index is 11.7. The number of carbonyl (C=O) groups excluding carboxylic acids is 2. The number of pyridine rings is 6. The fourth-order valence-electron chi connectivity index (χ4n) is 22.6. The average Bonchev–Trinajstić information content (AvgIpc) is 0.701. The molecule has 8 bridgehead atoms. The van der Waals surface area contributed by atoms with Gasteiger partial charge in [0.1, 0.15) is 0 Å². The van der Waals surface area contributed by atoms with Crippen molar-refractivity contribution in [3.05, 3.63) is 393 Å². The van der Waals surface area contributed by atoms with Crippen LogP contribution >= 0.6 is 0 Å². The molecule has 0 saturated heterocycles. The second-order valence-corrected chi connectivity index (χ2v) is 40.7. The van der Waals surface area contributed by atoms with E-state index in [1.54, 1.807) is 50.7 Å². The summed E-state index contributed by atoms with van der Waals surface area (Å²) >= 11 is 0. The van der Waals surface area contributed by atoms with Crippen LogP contribution in [0.4, 0.5) is 0 Å². The zero-order valence-corrected chi connectivity index (χ0v) is 94.5. The van der Waals surface area contributed by atoms with Gasteiger partial charge in [0.2, 0.25) is 0 Å². The number of hydrogen-bond acceptors (Lipinski definition) is 10. The maximum Gasteiger partial charge on any atom is 0.162 e. The molecule has 4 fully saturated rings. The summed E-state index contributed by atoms with van der Waals surface area (Å²) in [5.41, 5.74) is 38.5. The minimum Gasteiger partial charge on any atom is -0.512 e. The van der Waals surface area contributed by atoms with E-state index < -0.39 is 0 Å². The molecular weight excluding hydrogens is 2470 g/mol. The number of nitrogens with zero attached hydrogens (tertiary/aromatic N) is 6. The summed E-state index contributed by atoms with van der Waals surface area (Å²) in [6.45, 7) is 30.5. The SMILES string of the molecule is CC(=O)C=C(C)O.CCC(CC)C(=O)C=C(O)C(CC)CC.Cc1[c-]c(-c2ccc3c4c(ccc3n2)C2CC(C4)C2)cc(C)c1.Cc1[c-]c(-c2ccc3c4c(ccc3n2)C2CC(C4)C2)cc(C)c1.Cc1[c-]c(-c2ccc3c4c(ccc3n2)CC2CC4C2(C)C)cc(C)c1.Cc1cccc(-c2[c-]cccc2)n1.[Ir].[Ir].[Ir].[Ir].[c-]1ccccc1-c1ccc2c3c(ccc2n1)C1CC(C3)C1.[c-]1ccccc1-c1ccccn1. The molecule has 6 heterocycles. The predicted molar refractivity (Wildman–Crippen MR) is 571 cm³/mol. The van der Waals surface area contributed by atoms with Crippen LogP contribution in [-0.4, -0.2) is 51.7 Å². The van der Waals surface area contributed by atoms with Crippen LogP contribution in [0.1, 0.15) is 233 Å². The second kappa shape index (κ2) is 49.4. The first kappa shape index (κ1) is 109. The van der Waals surface area contributed by atoms with Gasteiger partial charge < -0.3 is 20.2 Å². The normalized spacial score (nSPS) is 18.0. The summed E-state index contributed by atoms with van der Waals surface area (Å²) in [5.74, 6) is 7.28. The summed E-state index contributed by atoms with van der Waals surface area (Å²) < 4.78 is 0. The first-order valence-electron chi connectivity index (χ1n) is 50.5. The number of benzene rings is 10. The quantitative estimate of drug-likeness (QED) is 0.0611. The Morgan fingerprint density at radius 1 is 0.385 bits per heavy atom. The van der Waals surface area contributed by atoms with Gasteiger partial charge in [-0.25, -0.2) is 0 Å². The molecule has 14 heteroatoms. The van der Waals surface area contributed by atoms with E-state index in [4.69, 9.17) is 25.0 Å². The summed E-state index contributed by atoms with van der Waals surface area (Å²) in [7, 11) is 0. The van der Waals surface area contributed by atoms with Gasteiger partial charge in [-0.1, -0.05) is 180 Å². The molecule has 0 aliphatic heterocycles. The third-order valence-electron chi connectivity index (χ3n) is 30.1. The molecule has 143 heavy (non-hydrogen) atoms. The number of ketones is 2. The van der Waals surface area contributed by atoms with Gasteiger partial charge in [0.05, 0.1) is 33.6 Å². The van der Waals surface area contributed by atoms with Crippen molar-refractivity contribution in [3.63, 3.8) is 0 Å². The fourth-order valence-corrected chi connectivity index (χ4v) is 22.6. The standard InChI is InChI=1S/C24H24N.2C22H20N.C20H16N.C13H24O2.C12H10N.C11H8N.C5H8O2.4Ir/c1-14-9-15(2)11-17(10-14)21-8-6-19-22(25-21)7-5-16-12-18-13-20(23(16)19)24(18,3)4;2*1-13-7-14(2)9-17(8-13)21-5-4-19-20-12-15-10-16(11-15)18(20)3-6-22(19)23-21;1-2-4-14(5-3-1)19-8-7-17-18-12-13-10-15(11-13)16(18)6-9-20(17)21-19;1-5-10(6-2)12(14)9-13(15)11(7-3)8-4;1-10-6-5-9-12(13-10)11-7-3-2-4-8-11;1-2-6-10(7-3-1)11-8-4-5-9-12-11;1-4(6)3-5(2)7;;;;/h5-10,18,20H,12-13H2,1-4H3;2*3-8,15-16H,10-12H2,1-2H3;1-4,6-9,13,15H,10-12H2;9-11,14H,5-8H2,1-4H3;2-7,9H,1H3;1-6,8-9H;3,6H,1-2H3;;;;/q4*-1;;2*-1;;;;;. The largest absolute Gasteiger partial charge is 0.512 e. The summed E-state index contributed by atoms with van der Waals surface area (Å²) in [4.78, 5) is 50.1. The number of aliphatic hydroxyl groups is 2. The molecule has 10 aromatic carbocycles. The molecule has 12 aliphatic rings. The molecule has 6 aromatic heterocycles. The first-order chi connectivity index (χ1) is 67.2. The molecule has 742 valence electrons. The van der Waals surface area contributed by atoms with Crippen LogP contribution in [0, 0.1) is 126 Å². The fraction of sp³-hybridized carbons (Fsp3) is 0.318. The van der Waals surface area contributed by atoms with Crippen LogP contribution in [0.3, 0.4) is 0 Å². The first-order valence-corrected chi connectivity index (χ1v) is 50.5. The molecular formula is C129H130Ir4N6O4-6. The van der Waals surface area contributed by atoms with E-state index in [1.165, 1.54) is 152 Å². The maximum absolute atomic E-state index is 11.7. The van der Waals surface area contributed by atoms with Crippen molar-refractivity contribution >= 4 is 55.2 Å². The summed E-state index contributed by atoms with van der Waals surface area (Å²) in [6.07, 6.45) is 22.6.